The van der Waals surface area contributed by atoms with Gasteiger partial charge in [0.1, 0.15) is 30.1 Å². The fourth-order valence-electron chi connectivity index (χ4n) is 3.56. The Morgan fingerprint density at radius 3 is 2.63 bits per heavy atom. The minimum Gasteiger partial charge on any atom is -0.461 e. The zero-order valence-corrected chi connectivity index (χ0v) is 17.5. The Hall–Kier alpha value is -1.87. The number of carbonyl (C=O) groups excluding carboxylic acids is 1. The van der Waals surface area contributed by atoms with E-state index in [0.29, 0.717) is 10.8 Å². The number of aliphatic hydroxyl groups is 1. The Bertz CT molecular complexity index is 898. The van der Waals surface area contributed by atoms with Gasteiger partial charge in [0.05, 0.1) is 11.6 Å². The van der Waals surface area contributed by atoms with E-state index in [4.69, 9.17) is 42.1 Å². The molecule has 2 aromatic rings. The predicted octanol–water partition coefficient (Wildman–Crippen LogP) is 3.08. The van der Waals surface area contributed by atoms with Crippen molar-refractivity contribution in [3.05, 3.63) is 64.1 Å². The number of benzene rings is 2. The van der Waals surface area contributed by atoms with E-state index in [1.807, 2.05) is 30.3 Å². The lowest BCUT2D eigenvalue weighted by molar-refractivity contribution is -0.333. The standard InChI is InChI=1S/C21H21Cl2NO6/c1-11(25)24-17-18(26)19-16(10-27-20(30-19)12-5-3-2-4-6-12)29-21(17)28-15-8-7-13(22)9-14(15)23/h2-9,16-21,26H,10H2,1H3,(H,24,25)/t16-,17-,18-,19-,20?,21-/m1/s1. The van der Waals surface area contributed by atoms with Crippen molar-refractivity contribution in [3.8, 4) is 5.75 Å². The molecule has 30 heavy (non-hydrogen) atoms. The van der Waals surface area contributed by atoms with E-state index in [2.05, 4.69) is 5.32 Å². The molecule has 1 amide bonds. The molecular formula is C21H21Cl2NO6. The van der Waals surface area contributed by atoms with Gasteiger partial charge in [-0.1, -0.05) is 53.5 Å². The van der Waals surface area contributed by atoms with Crippen molar-refractivity contribution < 1.29 is 28.8 Å². The second-order valence-corrected chi connectivity index (χ2v) is 7.97. The number of hydrogen-bond acceptors (Lipinski definition) is 6. The second-order valence-electron chi connectivity index (χ2n) is 7.13. The zero-order valence-electron chi connectivity index (χ0n) is 16.0. The average molecular weight is 454 g/mol. The van der Waals surface area contributed by atoms with Gasteiger partial charge in [0.25, 0.3) is 0 Å². The maximum absolute atomic E-state index is 11.8. The molecule has 2 saturated heterocycles. The number of rotatable bonds is 4. The summed E-state index contributed by atoms with van der Waals surface area (Å²) in [6.07, 6.45) is -4.07. The van der Waals surface area contributed by atoms with Crippen molar-refractivity contribution in [2.75, 3.05) is 6.61 Å². The normalized spacial score (nSPS) is 30.9. The molecule has 2 aromatic carbocycles. The Balaban J connectivity index is 1.55. The molecule has 0 radical (unpaired) electrons. The SMILES string of the molecule is CC(=O)N[C@H]1[C@H](Oc2ccc(Cl)cc2Cl)O[C@@H]2COC(c3ccccc3)O[C@H]2[C@@H]1O. The van der Waals surface area contributed by atoms with Gasteiger partial charge in [-0.05, 0) is 18.2 Å². The maximum atomic E-state index is 11.8. The van der Waals surface area contributed by atoms with Crippen LogP contribution in [0.1, 0.15) is 18.8 Å². The molecular weight excluding hydrogens is 433 g/mol. The summed E-state index contributed by atoms with van der Waals surface area (Å²) in [5, 5.41) is 14.5. The molecule has 160 valence electrons. The molecule has 2 aliphatic rings. The third kappa shape index (κ3) is 4.56. The van der Waals surface area contributed by atoms with Crippen LogP contribution in [-0.4, -0.2) is 48.3 Å². The van der Waals surface area contributed by atoms with Crippen LogP contribution in [0.4, 0.5) is 0 Å². The third-order valence-corrected chi connectivity index (χ3v) is 5.47. The molecule has 7 nitrogen and oxygen atoms in total. The summed E-state index contributed by atoms with van der Waals surface area (Å²) in [5.74, 6) is -0.0320. The highest BCUT2D eigenvalue weighted by Gasteiger charge is 2.50. The fourth-order valence-corrected chi connectivity index (χ4v) is 4.01. The Kier molecular flexibility index (Phi) is 6.48. The summed E-state index contributed by atoms with van der Waals surface area (Å²) < 4.78 is 23.7. The van der Waals surface area contributed by atoms with Crippen molar-refractivity contribution in [1.29, 1.82) is 0 Å². The molecule has 1 unspecified atom stereocenters. The minimum absolute atomic E-state index is 0.183. The lowest BCUT2D eigenvalue weighted by Gasteiger charge is -2.47. The predicted molar refractivity (Wildman–Crippen MR) is 109 cm³/mol. The van der Waals surface area contributed by atoms with Crippen LogP contribution in [0.3, 0.4) is 0 Å². The number of fused-ring (bicyclic) bond motifs is 1. The van der Waals surface area contributed by atoms with E-state index >= 15 is 0 Å². The minimum atomic E-state index is -1.10. The Labute approximate surface area is 183 Å². The van der Waals surface area contributed by atoms with Crippen LogP contribution in [0.15, 0.2) is 48.5 Å². The first kappa shape index (κ1) is 21.4. The van der Waals surface area contributed by atoms with Gasteiger partial charge >= 0.3 is 0 Å². The van der Waals surface area contributed by atoms with Gasteiger partial charge in [0, 0.05) is 17.5 Å². The number of aliphatic hydroxyl groups excluding tert-OH is 1. The first-order valence-electron chi connectivity index (χ1n) is 9.46. The highest BCUT2D eigenvalue weighted by Crippen LogP contribution is 2.36. The van der Waals surface area contributed by atoms with E-state index in [1.165, 1.54) is 13.0 Å². The summed E-state index contributed by atoms with van der Waals surface area (Å²) in [7, 11) is 0. The number of hydrogen-bond donors (Lipinski definition) is 2. The largest absolute Gasteiger partial charge is 0.461 e. The quantitative estimate of drug-likeness (QED) is 0.739. The summed E-state index contributed by atoms with van der Waals surface area (Å²) in [6.45, 7) is 1.53. The summed E-state index contributed by atoms with van der Waals surface area (Å²) in [5.41, 5.74) is 0.825. The molecule has 2 aliphatic heterocycles. The lowest BCUT2D eigenvalue weighted by Crippen LogP contribution is -2.67. The monoisotopic (exact) mass is 453 g/mol. The maximum Gasteiger partial charge on any atom is 0.223 e. The highest BCUT2D eigenvalue weighted by atomic mass is 35.5. The average Bonchev–Trinajstić information content (AvgIpc) is 2.73. The van der Waals surface area contributed by atoms with Crippen molar-refractivity contribution in [1.82, 2.24) is 5.32 Å². The van der Waals surface area contributed by atoms with E-state index in [0.717, 1.165) is 5.56 Å². The molecule has 0 bridgehead atoms. The van der Waals surface area contributed by atoms with Crippen molar-refractivity contribution in [3.63, 3.8) is 0 Å². The van der Waals surface area contributed by atoms with E-state index in [9.17, 15) is 9.90 Å². The van der Waals surface area contributed by atoms with Crippen LogP contribution in [0.25, 0.3) is 0 Å². The molecule has 9 heteroatoms. The van der Waals surface area contributed by atoms with Crippen LogP contribution >= 0.6 is 23.2 Å². The molecule has 2 fully saturated rings. The lowest BCUT2D eigenvalue weighted by atomic mass is 9.95. The smallest absolute Gasteiger partial charge is 0.223 e. The van der Waals surface area contributed by atoms with E-state index in [1.54, 1.807) is 12.1 Å². The Morgan fingerprint density at radius 1 is 1.17 bits per heavy atom. The molecule has 0 saturated carbocycles. The van der Waals surface area contributed by atoms with Gasteiger partial charge in [-0.2, -0.15) is 0 Å². The summed E-state index contributed by atoms with van der Waals surface area (Å²) in [4.78, 5) is 11.8. The molecule has 2 N–H and O–H groups in total. The van der Waals surface area contributed by atoms with Gasteiger partial charge in [-0.15, -0.1) is 0 Å². The van der Waals surface area contributed by atoms with E-state index < -0.39 is 36.9 Å². The zero-order chi connectivity index (χ0) is 21.3. The number of nitrogens with one attached hydrogen (secondary N) is 1. The first-order chi connectivity index (χ1) is 14.4. The summed E-state index contributed by atoms with van der Waals surface area (Å²) >= 11 is 12.1. The number of halogens is 2. The molecule has 0 aromatic heterocycles. The molecule has 2 heterocycles. The van der Waals surface area contributed by atoms with Crippen molar-refractivity contribution in [2.24, 2.45) is 0 Å². The van der Waals surface area contributed by atoms with Crippen LogP contribution in [-0.2, 0) is 19.0 Å². The molecule has 4 rings (SSSR count). The van der Waals surface area contributed by atoms with Gasteiger partial charge in [-0.25, -0.2) is 0 Å². The van der Waals surface area contributed by atoms with Gasteiger partial charge in [0.15, 0.2) is 6.29 Å². The fraction of sp³-hybridized carbons (Fsp3) is 0.381. The summed E-state index contributed by atoms with van der Waals surface area (Å²) in [6, 6.07) is 13.3. The van der Waals surface area contributed by atoms with Crippen LogP contribution in [0.5, 0.6) is 5.75 Å². The van der Waals surface area contributed by atoms with Crippen LogP contribution in [0, 0.1) is 0 Å². The Morgan fingerprint density at radius 2 is 1.93 bits per heavy atom. The highest BCUT2D eigenvalue weighted by molar-refractivity contribution is 6.35. The number of carbonyl (C=O) groups is 1. The van der Waals surface area contributed by atoms with Gasteiger partial charge in [0.2, 0.25) is 12.2 Å². The number of ether oxygens (including phenoxy) is 4. The number of amides is 1. The third-order valence-electron chi connectivity index (χ3n) is 4.94. The molecule has 0 aliphatic carbocycles. The van der Waals surface area contributed by atoms with Gasteiger partial charge < -0.3 is 29.4 Å². The van der Waals surface area contributed by atoms with Crippen molar-refractivity contribution >= 4 is 29.1 Å². The first-order valence-corrected chi connectivity index (χ1v) is 10.2. The van der Waals surface area contributed by atoms with Crippen LogP contribution in [0.2, 0.25) is 10.0 Å². The van der Waals surface area contributed by atoms with Gasteiger partial charge in [-0.3, -0.25) is 4.79 Å². The topological polar surface area (TPSA) is 86.3 Å². The van der Waals surface area contributed by atoms with Crippen molar-refractivity contribution in [2.45, 2.75) is 43.9 Å². The molecule has 6 atom stereocenters. The van der Waals surface area contributed by atoms with Crippen LogP contribution < -0.4 is 10.1 Å². The molecule has 0 spiro atoms. The second kappa shape index (κ2) is 9.09. The van der Waals surface area contributed by atoms with E-state index in [-0.39, 0.29) is 17.5 Å².